The first-order chi connectivity index (χ1) is 6.50. The summed E-state index contributed by atoms with van der Waals surface area (Å²) in [5.74, 6) is 0. The van der Waals surface area contributed by atoms with Crippen LogP contribution in [0.15, 0.2) is 28.5 Å². The molecule has 0 saturated carbocycles. The molecule has 0 spiro atoms. The van der Waals surface area contributed by atoms with E-state index in [1.54, 1.807) is 9.81 Å². The number of benzene rings is 1. The first kappa shape index (κ1) is 10.3. The fourth-order valence-electron chi connectivity index (χ4n) is 2.63. The van der Waals surface area contributed by atoms with Gasteiger partial charge in [-0.2, -0.15) is 0 Å². The third kappa shape index (κ3) is 1.65. The maximum atomic E-state index is 2.46. The van der Waals surface area contributed by atoms with Crippen molar-refractivity contribution in [3.63, 3.8) is 0 Å². The molecule has 0 aliphatic heterocycles. The van der Waals surface area contributed by atoms with E-state index in [0.29, 0.717) is 0 Å². The second-order valence-corrected chi connectivity index (χ2v) is 10.6. The van der Waals surface area contributed by atoms with E-state index in [-0.39, 0.29) is 0 Å². The minimum atomic E-state index is -1.11. The number of allylic oxidation sites excluding steroid dienone is 1. The first-order valence-electron chi connectivity index (χ1n) is 5.27. The van der Waals surface area contributed by atoms with Crippen molar-refractivity contribution in [3.8, 4) is 0 Å². The van der Waals surface area contributed by atoms with Gasteiger partial charge >= 0.3 is 96.7 Å². The number of hydrogen-bond donors (Lipinski definition) is 0. The van der Waals surface area contributed by atoms with Gasteiger partial charge in [0.1, 0.15) is 0 Å². The summed E-state index contributed by atoms with van der Waals surface area (Å²) in [4.78, 5) is 0. The summed E-state index contributed by atoms with van der Waals surface area (Å²) in [6.45, 7) is 7.37. The predicted molar refractivity (Wildman–Crippen MR) is 66.3 cm³/mol. The quantitative estimate of drug-likeness (QED) is 0.602. The number of fused-ring (bicyclic) bond motifs is 1. The van der Waals surface area contributed by atoms with E-state index in [2.05, 4.69) is 67.7 Å². The van der Waals surface area contributed by atoms with Crippen LogP contribution in [0.2, 0.25) is 19.6 Å². The summed E-state index contributed by atoms with van der Waals surface area (Å²) in [7, 11) is -1.11. The topological polar surface area (TPSA) is 0 Å². The molecule has 2 heteroatoms. The zero-order valence-electron chi connectivity index (χ0n) is 9.46. The molecule has 0 aromatic heterocycles. The van der Waals surface area contributed by atoms with Crippen molar-refractivity contribution in [2.75, 3.05) is 0 Å². The Kier molecular flexibility index (Phi) is 2.51. The van der Waals surface area contributed by atoms with Crippen LogP contribution in [-0.2, 0) is 0 Å². The van der Waals surface area contributed by atoms with Gasteiger partial charge in [0.15, 0.2) is 0 Å². The second-order valence-electron chi connectivity index (χ2n) is 5.32. The van der Waals surface area contributed by atoms with E-state index in [4.69, 9.17) is 0 Å². The van der Waals surface area contributed by atoms with Crippen LogP contribution in [0.1, 0.15) is 16.7 Å². The van der Waals surface area contributed by atoms with Crippen LogP contribution in [0, 0.1) is 0 Å². The Bertz CT molecular complexity index is 388. The Balaban J connectivity index is 2.52. The molecule has 0 N–H and O–H groups in total. The van der Waals surface area contributed by atoms with Crippen molar-refractivity contribution in [1.82, 2.24) is 0 Å². The van der Waals surface area contributed by atoms with Gasteiger partial charge < -0.3 is 0 Å². The molecule has 0 bridgehead atoms. The van der Waals surface area contributed by atoms with Crippen molar-refractivity contribution in [1.29, 1.82) is 0 Å². The molecule has 1 aromatic rings. The van der Waals surface area contributed by atoms with Crippen LogP contribution in [-0.4, -0.2) is 25.8 Å². The van der Waals surface area contributed by atoms with Gasteiger partial charge in [-0.1, -0.05) is 0 Å². The molecular weight excluding hydrogens is 179 g/mol. The maximum absolute atomic E-state index is 2.46. The molecular formula is C12H15LiSi. The van der Waals surface area contributed by atoms with E-state index >= 15 is 0 Å². The Morgan fingerprint density at radius 1 is 1.14 bits per heavy atom. The Labute approximate surface area is 96.6 Å². The third-order valence-corrected chi connectivity index (χ3v) is 5.51. The van der Waals surface area contributed by atoms with Crippen LogP contribution in [0.25, 0.3) is 6.08 Å². The standard InChI is InChI=1S/C12H15Si.Li/c1-13(2,3)12-9-8-10-6-4-5-7-11(10)12;/h4-8,12H,1-3H3;. The molecule has 0 heterocycles. The SMILES string of the molecule is [Li][C]1=Cc2ccccc2C1[Si](C)(C)C. The Morgan fingerprint density at radius 2 is 1.79 bits per heavy atom. The molecule has 1 aliphatic rings. The predicted octanol–water partition coefficient (Wildman–Crippen LogP) is 3.17. The normalized spacial score (nSPS) is 20.6. The van der Waals surface area contributed by atoms with E-state index < -0.39 is 8.07 Å². The monoisotopic (exact) mass is 194 g/mol. The zero-order chi connectivity index (χ0) is 10.3. The number of hydrogen-bond acceptors (Lipinski definition) is 0. The fraction of sp³-hybridized carbons (Fsp3) is 0.333. The second kappa shape index (κ2) is 3.41. The summed E-state index contributed by atoms with van der Waals surface area (Å²) in [6.07, 6.45) is 2.36. The Morgan fingerprint density at radius 3 is 2.43 bits per heavy atom. The average molecular weight is 194 g/mol. The van der Waals surface area contributed by atoms with E-state index in [1.807, 2.05) is 0 Å². The van der Waals surface area contributed by atoms with Crippen LogP contribution >= 0.6 is 0 Å². The van der Waals surface area contributed by atoms with E-state index in [1.165, 1.54) is 5.56 Å². The summed E-state index contributed by atoms with van der Waals surface area (Å²) in [6, 6.07) is 8.83. The molecule has 0 amide bonds. The van der Waals surface area contributed by atoms with E-state index in [0.717, 1.165) is 5.54 Å². The summed E-state index contributed by atoms with van der Waals surface area (Å²) < 4.78 is 1.56. The molecule has 0 fully saturated rings. The van der Waals surface area contributed by atoms with Crippen LogP contribution in [0.5, 0.6) is 0 Å². The van der Waals surface area contributed by atoms with Crippen LogP contribution < -0.4 is 0 Å². The molecule has 0 radical (unpaired) electrons. The van der Waals surface area contributed by atoms with Crippen LogP contribution in [0.4, 0.5) is 0 Å². The van der Waals surface area contributed by atoms with Crippen molar-refractivity contribution < 1.29 is 0 Å². The van der Waals surface area contributed by atoms with Crippen molar-refractivity contribution in [3.05, 3.63) is 39.6 Å². The Hall–Kier alpha value is -0.226. The van der Waals surface area contributed by atoms with Crippen molar-refractivity contribution >= 4 is 31.9 Å². The molecule has 1 aromatic carbocycles. The van der Waals surface area contributed by atoms with Gasteiger partial charge in [-0.05, 0) is 0 Å². The van der Waals surface area contributed by atoms with Gasteiger partial charge in [0.05, 0.1) is 0 Å². The zero-order valence-corrected chi connectivity index (χ0v) is 10.5. The fourth-order valence-corrected chi connectivity index (χ4v) is 5.27. The summed E-state index contributed by atoms with van der Waals surface area (Å²) >= 11 is 2.28. The van der Waals surface area contributed by atoms with Gasteiger partial charge in [0.25, 0.3) is 0 Å². The van der Waals surface area contributed by atoms with E-state index in [9.17, 15) is 0 Å². The summed E-state index contributed by atoms with van der Waals surface area (Å²) in [5.41, 5.74) is 3.74. The summed E-state index contributed by atoms with van der Waals surface area (Å²) in [5, 5.41) is 0. The average Bonchev–Trinajstić information content (AvgIpc) is 2.38. The molecule has 2 rings (SSSR count). The van der Waals surface area contributed by atoms with Gasteiger partial charge in [-0.25, -0.2) is 0 Å². The van der Waals surface area contributed by atoms with Gasteiger partial charge in [0, 0.05) is 0 Å². The van der Waals surface area contributed by atoms with Gasteiger partial charge in [0.2, 0.25) is 0 Å². The molecule has 14 heavy (non-hydrogen) atoms. The third-order valence-electron chi connectivity index (χ3n) is 3.01. The first-order valence-corrected chi connectivity index (χ1v) is 8.85. The van der Waals surface area contributed by atoms with Gasteiger partial charge in [-0.15, -0.1) is 0 Å². The van der Waals surface area contributed by atoms with Crippen molar-refractivity contribution in [2.45, 2.75) is 25.2 Å². The number of rotatable bonds is 1. The minimum absolute atomic E-state index is 0.735. The molecule has 0 nitrogen and oxygen atoms in total. The molecule has 0 saturated heterocycles. The van der Waals surface area contributed by atoms with Gasteiger partial charge in [-0.3, -0.25) is 0 Å². The molecule has 1 unspecified atom stereocenters. The van der Waals surface area contributed by atoms with Crippen molar-refractivity contribution in [2.24, 2.45) is 0 Å². The molecule has 1 aliphatic carbocycles. The molecule has 68 valence electrons. The van der Waals surface area contributed by atoms with Crippen LogP contribution in [0.3, 0.4) is 0 Å². The molecule has 1 atom stereocenters.